The van der Waals surface area contributed by atoms with Gasteiger partial charge in [-0.2, -0.15) is 9.78 Å². The van der Waals surface area contributed by atoms with E-state index in [0.717, 1.165) is 4.68 Å². The predicted octanol–water partition coefficient (Wildman–Crippen LogP) is 1.56. The Kier molecular flexibility index (Phi) is 5.47. The summed E-state index contributed by atoms with van der Waals surface area (Å²) in [5.41, 5.74) is 0.302. The van der Waals surface area contributed by atoms with Gasteiger partial charge in [-0.25, -0.2) is 0 Å². The van der Waals surface area contributed by atoms with E-state index in [-0.39, 0.29) is 30.3 Å². The van der Waals surface area contributed by atoms with Gasteiger partial charge in [0, 0.05) is 18.7 Å². The van der Waals surface area contributed by atoms with E-state index in [1.807, 2.05) is 6.07 Å². The van der Waals surface area contributed by atoms with E-state index in [4.69, 9.17) is 5.11 Å². The van der Waals surface area contributed by atoms with Crippen molar-refractivity contribution in [1.29, 1.82) is 0 Å². The summed E-state index contributed by atoms with van der Waals surface area (Å²) in [6.45, 7) is 3.68. The number of carboxylic acids is 1. The van der Waals surface area contributed by atoms with Gasteiger partial charge in [0.2, 0.25) is 0 Å². The molecule has 0 saturated heterocycles. The molecule has 0 aliphatic heterocycles. The summed E-state index contributed by atoms with van der Waals surface area (Å²) in [5, 5.41) is 13.0. The van der Waals surface area contributed by atoms with Crippen LogP contribution in [0.5, 0.6) is 0 Å². The van der Waals surface area contributed by atoms with Crippen LogP contribution in [0.3, 0.4) is 0 Å². The number of rotatable bonds is 6. The highest BCUT2D eigenvalue weighted by molar-refractivity contribution is 5.92. The Morgan fingerprint density at radius 2 is 1.83 bits per heavy atom. The van der Waals surface area contributed by atoms with Gasteiger partial charge in [0.05, 0.1) is 12.1 Å². The van der Waals surface area contributed by atoms with E-state index in [1.54, 1.807) is 38.1 Å². The van der Waals surface area contributed by atoms with Gasteiger partial charge in [-0.1, -0.05) is 18.2 Å². The largest absolute Gasteiger partial charge is 0.481 e. The maximum Gasteiger partial charge on any atom is 0.305 e. The Morgan fingerprint density at radius 3 is 2.42 bits per heavy atom. The number of carbonyl (C=O) groups excluding carboxylic acids is 1. The first-order chi connectivity index (χ1) is 11.4. The second-order valence-electron chi connectivity index (χ2n) is 5.54. The van der Waals surface area contributed by atoms with Crippen molar-refractivity contribution < 1.29 is 14.7 Å². The number of carbonyl (C=O) groups is 2. The van der Waals surface area contributed by atoms with Gasteiger partial charge in [-0.3, -0.25) is 14.4 Å². The van der Waals surface area contributed by atoms with Gasteiger partial charge >= 0.3 is 5.97 Å². The number of amides is 1. The number of para-hydroxylation sites is 1. The number of benzene rings is 1. The van der Waals surface area contributed by atoms with Crippen LogP contribution in [-0.4, -0.2) is 44.3 Å². The fraction of sp³-hybridized carbons (Fsp3) is 0.294. The third-order valence-corrected chi connectivity index (χ3v) is 3.47. The van der Waals surface area contributed by atoms with Gasteiger partial charge in [-0.05, 0) is 32.0 Å². The minimum Gasteiger partial charge on any atom is -0.481 e. The molecule has 1 amide bonds. The fourth-order valence-corrected chi connectivity index (χ4v) is 2.24. The molecule has 24 heavy (non-hydrogen) atoms. The Morgan fingerprint density at radius 1 is 1.17 bits per heavy atom. The molecule has 0 aliphatic rings. The molecule has 7 heteroatoms. The van der Waals surface area contributed by atoms with Crippen LogP contribution in [0, 0.1) is 0 Å². The molecule has 2 aromatic rings. The lowest BCUT2D eigenvalue weighted by Gasteiger charge is -2.25. The normalized spacial score (nSPS) is 10.6. The van der Waals surface area contributed by atoms with Crippen LogP contribution in [0.1, 0.15) is 30.8 Å². The standard InChI is InChI=1S/C17H19N3O4/c1-12(2)19(11-10-16(22)23)17(24)14-8-9-15(21)20(18-14)13-6-4-3-5-7-13/h3-9,12H,10-11H2,1-2H3,(H,22,23). The molecule has 0 radical (unpaired) electrons. The van der Waals surface area contributed by atoms with Gasteiger partial charge in [0.1, 0.15) is 5.69 Å². The predicted molar refractivity (Wildman–Crippen MR) is 88.3 cm³/mol. The minimum absolute atomic E-state index is 0.0813. The van der Waals surface area contributed by atoms with Gasteiger partial charge in [0.15, 0.2) is 0 Å². The highest BCUT2D eigenvalue weighted by Crippen LogP contribution is 2.08. The summed E-state index contributed by atoms with van der Waals surface area (Å²) in [7, 11) is 0. The summed E-state index contributed by atoms with van der Waals surface area (Å²) >= 11 is 0. The van der Waals surface area contributed by atoms with Crippen molar-refractivity contribution in [2.75, 3.05) is 6.54 Å². The molecule has 0 unspecified atom stereocenters. The van der Waals surface area contributed by atoms with E-state index >= 15 is 0 Å². The molecule has 2 rings (SSSR count). The summed E-state index contributed by atoms with van der Waals surface area (Å²) in [6.07, 6.45) is -0.151. The van der Waals surface area contributed by atoms with Crippen molar-refractivity contribution in [1.82, 2.24) is 14.7 Å². The highest BCUT2D eigenvalue weighted by Gasteiger charge is 2.21. The molecule has 0 fully saturated rings. The highest BCUT2D eigenvalue weighted by atomic mass is 16.4. The number of aromatic nitrogens is 2. The summed E-state index contributed by atoms with van der Waals surface area (Å²) in [4.78, 5) is 36.9. The van der Waals surface area contributed by atoms with Gasteiger partial charge < -0.3 is 10.0 Å². The van der Waals surface area contributed by atoms with Crippen molar-refractivity contribution >= 4 is 11.9 Å². The molecule has 7 nitrogen and oxygen atoms in total. The van der Waals surface area contributed by atoms with Crippen molar-refractivity contribution in [2.45, 2.75) is 26.3 Å². The van der Waals surface area contributed by atoms with Crippen LogP contribution >= 0.6 is 0 Å². The molecule has 1 heterocycles. The zero-order valence-corrected chi connectivity index (χ0v) is 13.5. The number of nitrogens with zero attached hydrogens (tertiary/aromatic N) is 3. The number of hydrogen-bond donors (Lipinski definition) is 1. The maximum absolute atomic E-state index is 12.6. The molecular formula is C17H19N3O4. The van der Waals surface area contributed by atoms with Crippen LogP contribution in [-0.2, 0) is 4.79 Å². The smallest absolute Gasteiger partial charge is 0.305 e. The van der Waals surface area contributed by atoms with Crippen LogP contribution in [0.25, 0.3) is 5.69 Å². The van der Waals surface area contributed by atoms with Crippen molar-refractivity contribution in [3.8, 4) is 5.69 Å². The second-order valence-corrected chi connectivity index (χ2v) is 5.54. The van der Waals surface area contributed by atoms with E-state index in [0.29, 0.717) is 5.69 Å². The lowest BCUT2D eigenvalue weighted by Crippen LogP contribution is -2.39. The number of hydrogen-bond acceptors (Lipinski definition) is 4. The molecule has 0 bridgehead atoms. The Labute approximate surface area is 139 Å². The monoisotopic (exact) mass is 329 g/mol. The zero-order chi connectivity index (χ0) is 17.7. The van der Waals surface area contributed by atoms with E-state index in [9.17, 15) is 14.4 Å². The minimum atomic E-state index is -0.976. The SMILES string of the molecule is CC(C)N(CCC(=O)O)C(=O)c1ccc(=O)n(-c2ccccc2)n1. The quantitative estimate of drug-likeness (QED) is 0.868. The van der Waals surface area contributed by atoms with Crippen LogP contribution in [0.4, 0.5) is 0 Å². The molecular weight excluding hydrogens is 310 g/mol. The molecule has 0 saturated carbocycles. The van der Waals surface area contributed by atoms with Gasteiger partial charge in [0.25, 0.3) is 11.5 Å². The summed E-state index contributed by atoms with van der Waals surface area (Å²) < 4.78 is 1.16. The molecule has 126 valence electrons. The fourth-order valence-electron chi connectivity index (χ4n) is 2.24. The first-order valence-electron chi connectivity index (χ1n) is 7.58. The summed E-state index contributed by atoms with van der Waals surface area (Å²) in [6, 6.07) is 11.2. The first kappa shape index (κ1) is 17.4. The van der Waals surface area contributed by atoms with Gasteiger partial charge in [-0.15, -0.1) is 0 Å². The van der Waals surface area contributed by atoms with Crippen LogP contribution in [0.2, 0.25) is 0 Å². The summed E-state index contributed by atoms with van der Waals surface area (Å²) in [5.74, 6) is -1.38. The molecule has 1 N–H and O–H groups in total. The first-order valence-corrected chi connectivity index (χ1v) is 7.58. The van der Waals surface area contributed by atoms with E-state index < -0.39 is 11.9 Å². The van der Waals surface area contributed by atoms with Crippen molar-refractivity contribution in [3.63, 3.8) is 0 Å². The Balaban J connectivity index is 2.35. The molecule has 0 aliphatic carbocycles. The maximum atomic E-state index is 12.6. The van der Waals surface area contributed by atoms with Crippen LogP contribution in [0.15, 0.2) is 47.3 Å². The lowest BCUT2D eigenvalue weighted by molar-refractivity contribution is -0.137. The van der Waals surface area contributed by atoms with E-state index in [1.165, 1.54) is 17.0 Å². The molecule has 0 spiro atoms. The zero-order valence-electron chi connectivity index (χ0n) is 13.5. The molecule has 1 aromatic heterocycles. The van der Waals surface area contributed by atoms with Crippen molar-refractivity contribution in [2.24, 2.45) is 0 Å². The Bertz CT molecular complexity index is 784. The third-order valence-electron chi connectivity index (χ3n) is 3.47. The average Bonchev–Trinajstić information content (AvgIpc) is 2.55. The second kappa shape index (κ2) is 7.54. The average molecular weight is 329 g/mol. The topological polar surface area (TPSA) is 92.5 Å². The van der Waals surface area contributed by atoms with Crippen LogP contribution < -0.4 is 5.56 Å². The Hall–Kier alpha value is -2.96. The third kappa shape index (κ3) is 4.07. The van der Waals surface area contributed by atoms with E-state index in [2.05, 4.69) is 5.10 Å². The molecule has 1 aromatic carbocycles. The lowest BCUT2D eigenvalue weighted by atomic mass is 10.2. The molecule has 0 atom stereocenters. The van der Waals surface area contributed by atoms with Crippen molar-refractivity contribution in [3.05, 3.63) is 58.5 Å². The number of carboxylic acid groups (broad SMARTS) is 1. The number of aliphatic carboxylic acids is 1.